The highest BCUT2D eigenvalue weighted by Crippen LogP contribution is 2.31. The minimum absolute atomic E-state index is 0.115. The van der Waals surface area contributed by atoms with Gasteiger partial charge in [0.1, 0.15) is 5.69 Å². The van der Waals surface area contributed by atoms with Crippen molar-refractivity contribution >= 4 is 22.4 Å². The van der Waals surface area contributed by atoms with Gasteiger partial charge in [-0.1, -0.05) is 0 Å². The molecular weight excluding hydrogens is 280 g/mol. The van der Waals surface area contributed by atoms with Crippen LogP contribution in [0.4, 0.5) is 0 Å². The largest absolute Gasteiger partial charge is 0.317 e. The van der Waals surface area contributed by atoms with Gasteiger partial charge in [0.25, 0.3) is 0 Å². The van der Waals surface area contributed by atoms with E-state index < -0.39 is 0 Å². The number of aromatic nitrogens is 3. The minimum atomic E-state index is -0.115. The number of imidazole rings is 1. The standard InChI is InChI=1S/C16H16N4S/c1-10-18-13(9-21-10)15-19-12-7-11(8-17)5-6-14(12)20(15)16(2,3)4/h5-7,9H,1-4H3. The molecule has 0 amide bonds. The van der Waals surface area contributed by atoms with Crippen molar-refractivity contribution in [3.8, 4) is 17.6 Å². The van der Waals surface area contributed by atoms with Crippen molar-refractivity contribution < 1.29 is 0 Å². The second-order valence-corrected chi connectivity index (χ2v) is 7.07. The van der Waals surface area contributed by atoms with E-state index >= 15 is 0 Å². The Labute approximate surface area is 127 Å². The Morgan fingerprint density at radius 1 is 1.24 bits per heavy atom. The molecule has 0 aliphatic heterocycles. The smallest absolute Gasteiger partial charge is 0.161 e. The van der Waals surface area contributed by atoms with Crippen LogP contribution in [0, 0.1) is 18.3 Å². The van der Waals surface area contributed by atoms with Crippen LogP contribution in [0.1, 0.15) is 31.3 Å². The zero-order chi connectivity index (χ0) is 15.2. The molecule has 0 saturated heterocycles. The van der Waals surface area contributed by atoms with Crippen molar-refractivity contribution in [3.05, 3.63) is 34.2 Å². The lowest BCUT2D eigenvalue weighted by molar-refractivity contribution is 0.412. The van der Waals surface area contributed by atoms with E-state index in [1.54, 1.807) is 11.3 Å². The molecule has 0 aliphatic rings. The normalized spacial score (nSPS) is 11.8. The summed E-state index contributed by atoms with van der Waals surface area (Å²) in [5.41, 5.74) is 3.27. The number of fused-ring (bicyclic) bond motifs is 1. The van der Waals surface area contributed by atoms with Crippen LogP contribution in [0.25, 0.3) is 22.6 Å². The van der Waals surface area contributed by atoms with Crippen molar-refractivity contribution in [3.63, 3.8) is 0 Å². The van der Waals surface area contributed by atoms with Crippen LogP contribution < -0.4 is 0 Å². The summed E-state index contributed by atoms with van der Waals surface area (Å²) < 4.78 is 2.19. The van der Waals surface area contributed by atoms with Crippen LogP contribution in [0.2, 0.25) is 0 Å². The monoisotopic (exact) mass is 296 g/mol. The number of benzene rings is 1. The lowest BCUT2D eigenvalue weighted by Gasteiger charge is -2.24. The molecule has 5 heteroatoms. The zero-order valence-electron chi connectivity index (χ0n) is 12.5. The Kier molecular flexibility index (Phi) is 3.07. The maximum absolute atomic E-state index is 9.06. The summed E-state index contributed by atoms with van der Waals surface area (Å²) >= 11 is 1.62. The second kappa shape index (κ2) is 4.68. The summed E-state index contributed by atoms with van der Waals surface area (Å²) in [6.45, 7) is 8.44. The predicted octanol–water partition coefficient (Wildman–Crippen LogP) is 4.09. The van der Waals surface area contributed by atoms with Crippen molar-refractivity contribution in [2.45, 2.75) is 33.2 Å². The molecular formula is C16H16N4S. The summed E-state index contributed by atoms with van der Waals surface area (Å²) in [7, 11) is 0. The minimum Gasteiger partial charge on any atom is -0.317 e. The first-order valence-electron chi connectivity index (χ1n) is 6.76. The maximum atomic E-state index is 9.06. The van der Waals surface area contributed by atoms with Gasteiger partial charge in [-0.2, -0.15) is 5.26 Å². The zero-order valence-corrected chi connectivity index (χ0v) is 13.3. The van der Waals surface area contributed by atoms with E-state index in [4.69, 9.17) is 10.2 Å². The molecule has 1 aromatic carbocycles. The summed E-state index contributed by atoms with van der Waals surface area (Å²) in [6.07, 6.45) is 0. The van der Waals surface area contributed by atoms with E-state index in [-0.39, 0.29) is 5.54 Å². The van der Waals surface area contributed by atoms with Gasteiger partial charge in [-0.15, -0.1) is 11.3 Å². The number of hydrogen-bond acceptors (Lipinski definition) is 4. The van der Waals surface area contributed by atoms with Crippen molar-refractivity contribution in [1.29, 1.82) is 5.26 Å². The van der Waals surface area contributed by atoms with Gasteiger partial charge in [-0.25, -0.2) is 9.97 Å². The number of nitrogens with zero attached hydrogens (tertiary/aromatic N) is 4. The van der Waals surface area contributed by atoms with Gasteiger partial charge in [0.05, 0.1) is 27.7 Å². The van der Waals surface area contributed by atoms with Crippen LogP contribution in [0.5, 0.6) is 0 Å². The SMILES string of the molecule is Cc1nc(-c2nc3cc(C#N)ccc3n2C(C)(C)C)cs1. The molecule has 0 unspecified atom stereocenters. The molecule has 0 N–H and O–H groups in total. The first-order valence-corrected chi connectivity index (χ1v) is 7.64. The fraction of sp³-hybridized carbons (Fsp3) is 0.312. The average Bonchev–Trinajstić information content (AvgIpc) is 3.00. The van der Waals surface area contributed by atoms with E-state index in [0.29, 0.717) is 5.56 Å². The number of thiazole rings is 1. The molecule has 0 bridgehead atoms. The van der Waals surface area contributed by atoms with Crippen LogP contribution in [0.3, 0.4) is 0 Å². The fourth-order valence-corrected chi connectivity index (χ4v) is 3.06. The molecule has 106 valence electrons. The molecule has 0 spiro atoms. The highest BCUT2D eigenvalue weighted by molar-refractivity contribution is 7.09. The summed E-state index contributed by atoms with van der Waals surface area (Å²) in [5.74, 6) is 0.858. The van der Waals surface area contributed by atoms with Gasteiger partial charge in [0, 0.05) is 10.9 Å². The third-order valence-corrected chi connectivity index (χ3v) is 4.08. The Hall–Kier alpha value is -2.19. The number of nitriles is 1. The lowest BCUT2D eigenvalue weighted by atomic mass is 10.1. The molecule has 3 aromatic rings. The third kappa shape index (κ3) is 2.32. The van der Waals surface area contributed by atoms with Gasteiger partial charge in [0.2, 0.25) is 0 Å². The highest BCUT2D eigenvalue weighted by Gasteiger charge is 2.23. The van der Waals surface area contributed by atoms with Gasteiger partial charge >= 0.3 is 0 Å². The number of rotatable bonds is 1. The summed E-state index contributed by atoms with van der Waals surface area (Å²) in [6, 6.07) is 7.80. The Bertz CT molecular complexity index is 859. The average molecular weight is 296 g/mol. The molecule has 0 saturated carbocycles. The van der Waals surface area contributed by atoms with Crippen molar-refractivity contribution in [1.82, 2.24) is 14.5 Å². The Balaban J connectivity index is 2.35. The van der Waals surface area contributed by atoms with Crippen LogP contribution in [-0.2, 0) is 5.54 Å². The summed E-state index contributed by atoms with van der Waals surface area (Å²) in [5, 5.41) is 12.1. The van der Waals surface area contributed by atoms with Gasteiger partial charge in [-0.05, 0) is 45.9 Å². The van der Waals surface area contributed by atoms with Gasteiger partial charge in [0.15, 0.2) is 5.82 Å². The molecule has 0 radical (unpaired) electrons. The maximum Gasteiger partial charge on any atom is 0.161 e. The van der Waals surface area contributed by atoms with Gasteiger partial charge < -0.3 is 4.57 Å². The first-order chi connectivity index (χ1) is 9.90. The molecule has 0 aliphatic carbocycles. The molecule has 2 aromatic heterocycles. The van der Waals surface area contributed by atoms with E-state index in [2.05, 4.69) is 36.4 Å². The Morgan fingerprint density at radius 3 is 2.57 bits per heavy atom. The Morgan fingerprint density at radius 2 is 2.00 bits per heavy atom. The molecule has 0 fully saturated rings. The summed E-state index contributed by atoms with van der Waals surface area (Å²) in [4.78, 5) is 9.29. The molecule has 0 atom stereocenters. The van der Waals surface area contributed by atoms with Crippen LogP contribution in [0.15, 0.2) is 23.6 Å². The van der Waals surface area contributed by atoms with Crippen molar-refractivity contribution in [2.24, 2.45) is 0 Å². The fourth-order valence-electron chi connectivity index (χ4n) is 2.47. The van der Waals surface area contributed by atoms with E-state index in [1.807, 2.05) is 30.5 Å². The predicted molar refractivity (Wildman–Crippen MR) is 85.3 cm³/mol. The van der Waals surface area contributed by atoms with Crippen LogP contribution in [-0.4, -0.2) is 14.5 Å². The van der Waals surface area contributed by atoms with Crippen molar-refractivity contribution in [2.75, 3.05) is 0 Å². The molecule has 21 heavy (non-hydrogen) atoms. The van der Waals surface area contributed by atoms with E-state index in [0.717, 1.165) is 27.6 Å². The third-order valence-electron chi connectivity index (χ3n) is 3.30. The quantitative estimate of drug-likeness (QED) is 0.679. The highest BCUT2D eigenvalue weighted by atomic mass is 32.1. The second-order valence-electron chi connectivity index (χ2n) is 6.01. The van der Waals surface area contributed by atoms with E-state index in [9.17, 15) is 0 Å². The first kappa shape index (κ1) is 13.8. The van der Waals surface area contributed by atoms with Gasteiger partial charge in [-0.3, -0.25) is 0 Å². The molecule has 4 nitrogen and oxygen atoms in total. The number of aryl methyl sites for hydroxylation is 1. The topological polar surface area (TPSA) is 54.5 Å². The molecule has 2 heterocycles. The van der Waals surface area contributed by atoms with Crippen LogP contribution >= 0.6 is 11.3 Å². The molecule has 3 rings (SSSR count). The van der Waals surface area contributed by atoms with E-state index in [1.165, 1.54) is 0 Å². The lowest BCUT2D eigenvalue weighted by Crippen LogP contribution is -2.22. The number of hydrogen-bond donors (Lipinski definition) is 0.